The molecule has 0 spiro atoms. The lowest BCUT2D eigenvalue weighted by molar-refractivity contribution is -0.139. The molecule has 2 aromatic rings. The van der Waals surface area contributed by atoms with Crippen molar-refractivity contribution in [1.29, 1.82) is 0 Å². The molecule has 0 amide bonds. The maximum absolute atomic E-state index is 13.0. The van der Waals surface area contributed by atoms with E-state index in [4.69, 9.17) is 16.3 Å². The van der Waals surface area contributed by atoms with E-state index in [1.165, 1.54) is 19.2 Å². The molecule has 1 unspecified atom stereocenters. The Morgan fingerprint density at radius 1 is 1.29 bits per heavy atom. The zero-order valence-electron chi connectivity index (χ0n) is 10.9. The van der Waals surface area contributed by atoms with Crippen LogP contribution >= 0.6 is 11.6 Å². The zero-order chi connectivity index (χ0) is 15.6. The first-order chi connectivity index (χ1) is 9.86. The number of hydrogen-bond acceptors (Lipinski definition) is 3. The first-order valence-electron chi connectivity index (χ1n) is 5.87. The maximum atomic E-state index is 13.0. The Labute approximate surface area is 124 Å². The highest BCUT2D eigenvalue weighted by Crippen LogP contribution is 2.40. The van der Waals surface area contributed by atoms with Crippen LogP contribution in [-0.2, 0) is 6.18 Å². The Bertz CT molecular complexity index is 646. The fraction of sp³-hybridized carbons (Fsp3) is 0.214. The molecule has 1 aromatic carbocycles. The van der Waals surface area contributed by atoms with Crippen molar-refractivity contribution in [2.24, 2.45) is 0 Å². The van der Waals surface area contributed by atoms with E-state index >= 15 is 0 Å². The summed E-state index contributed by atoms with van der Waals surface area (Å²) in [5.74, 6) is 0.201. The summed E-state index contributed by atoms with van der Waals surface area (Å²) in [5, 5.41) is 10.4. The van der Waals surface area contributed by atoms with Crippen LogP contribution in [0, 0.1) is 0 Å². The molecule has 7 heteroatoms. The summed E-state index contributed by atoms with van der Waals surface area (Å²) in [6.07, 6.45) is -4.22. The summed E-state index contributed by atoms with van der Waals surface area (Å²) < 4.78 is 44.1. The molecule has 1 N–H and O–H groups in total. The van der Waals surface area contributed by atoms with Crippen molar-refractivity contribution in [3.05, 3.63) is 58.4 Å². The minimum absolute atomic E-state index is 0.0696. The second kappa shape index (κ2) is 5.91. The van der Waals surface area contributed by atoms with Crippen LogP contribution < -0.4 is 4.74 Å². The van der Waals surface area contributed by atoms with Crippen molar-refractivity contribution in [1.82, 2.24) is 4.98 Å². The SMILES string of the molecule is COc1cccc(Cl)c1C(O)c1cnccc1C(F)(F)F. The predicted octanol–water partition coefficient (Wildman–Crippen LogP) is 3.84. The zero-order valence-corrected chi connectivity index (χ0v) is 11.6. The van der Waals surface area contributed by atoms with Crippen LogP contribution in [0.1, 0.15) is 22.8 Å². The number of methoxy groups -OCH3 is 1. The molecule has 1 aromatic heterocycles. The van der Waals surface area contributed by atoms with Crippen molar-refractivity contribution in [3.8, 4) is 5.75 Å². The monoisotopic (exact) mass is 317 g/mol. The minimum Gasteiger partial charge on any atom is -0.496 e. The summed E-state index contributed by atoms with van der Waals surface area (Å²) in [6.45, 7) is 0. The van der Waals surface area contributed by atoms with Crippen LogP contribution in [0.2, 0.25) is 5.02 Å². The average molecular weight is 318 g/mol. The van der Waals surface area contributed by atoms with Gasteiger partial charge in [-0.15, -0.1) is 0 Å². The van der Waals surface area contributed by atoms with E-state index in [-0.39, 0.29) is 21.9 Å². The predicted molar refractivity (Wildman–Crippen MR) is 71.3 cm³/mol. The molecule has 0 aliphatic heterocycles. The van der Waals surface area contributed by atoms with Gasteiger partial charge in [-0.3, -0.25) is 4.98 Å². The highest BCUT2D eigenvalue weighted by molar-refractivity contribution is 6.31. The second-order valence-corrected chi connectivity index (χ2v) is 4.63. The molecule has 1 heterocycles. The average Bonchev–Trinajstić information content (AvgIpc) is 2.45. The molecular formula is C14H11ClF3NO2. The van der Waals surface area contributed by atoms with E-state index in [1.807, 2.05) is 0 Å². The molecule has 3 nitrogen and oxygen atoms in total. The van der Waals surface area contributed by atoms with E-state index in [0.29, 0.717) is 0 Å². The Morgan fingerprint density at radius 3 is 2.62 bits per heavy atom. The molecular weight excluding hydrogens is 307 g/mol. The van der Waals surface area contributed by atoms with E-state index in [2.05, 4.69) is 4.98 Å². The van der Waals surface area contributed by atoms with Crippen molar-refractivity contribution in [3.63, 3.8) is 0 Å². The van der Waals surface area contributed by atoms with Crippen molar-refractivity contribution in [2.75, 3.05) is 7.11 Å². The highest BCUT2D eigenvalue weighted by atomic mass is 35.5. The molecule has 2 rings (SSSR count). The number of aliphatic hydroxyl groups is 1. The molecule has 0 bridgehead atoms. The Kier molecular flexibility index (Phi) is 4.39. The largest absolute Gasteiger partial charge is 0.496 e. The Hall–Kier alpha value is -1.79. The Morgan fingerprint density at radius 2 is 2.00 bits per heavy atom. The van der Waals surface area contributed by atoms with Gasteiger partial charge in [0.1, 0.15) is 11.9 Å². The van der Waals surface area contributed by atoms with Gasteiger partial charge in [0.05, 0.1) is 17.7 Å². The van der Waals surface area contributed by atoms with E-state index in [0.717, 1.165) is 18.5 Å². The number of benzene rings is 1. The summed E-state index contributed by atoms with van der Waals surface area (Å²) in [5.41, 5.74) is -1.27. The summed E-state index contributed by atoms with van der Waals surface area (Å²) >= 11 is 5.98. The molecule has 0 aliphatic rings. The maximum Gasteiger partial charge on any atom is 0.416 e. The molecule has 0 radical (unpaired) electrons. The minimum atomic E-state index is -4.60. The lowest BCUT2D eigenvalue weighted by Crippen LogP contribution is -2.14. The molecule has 0 fully saturated rings. The summed E-state index contributed by atoms with van der Waals surface area (Å²) in [6, 6.07) is 5.35. The third-order valence-corrected chi connectivity index (χ3v) is 3.29. The lowest BCUT2D eigenvalue weighted by atomic mass is 9.97. The third kappa shape index (κ3) is 3.11. The third-order valence-electron chi connectivity index (χ3n) is 2.96. The van der Waals surface area contributed by atoms with Crippen molar-refractivity contribution < 1.29 is 23.0 Å². The second-order valence-electron chi connectivity index (χ2n) is 4.22. The van der Waals surface area contributed by atoms with Gasteiger partial charge in [-0.25, -0.2) is 0 Å². The number of hydrogen-bond donors (Lipinski definition) is 1. The van der Waals surface area contributed by atoms with Crippen LogP contribution in [0.25, 0.3) is 0 Å². The van der Waals surface area contributed by atoms with Crippen LogP contribution in [0.15, 0.2) is 36.7 Å². The van der Waals surface area contributed by atoms with E-state index in [1.54, 1.807) is 6.07 Å². The molecule has 21 heavy (non-hydrogen) atoms. The number of halogens is 4. The van der Waals surface area contributed by atoms with Gasteiger partial charge in [0.15, 0.2) is 0 Å². The molecule has 112 valence electrons. The van der Waals surface area contributed by atoms with Gasteiger partial charge in [0.2, 0.25) is 0 Å². The standard InChI is InChI=1S/C14H11ClF3NO2/c1-21-11-4-2-3-10(15)12(11)13(20)8-7-19-6-5-9(8)14(16,17)18/h2-7,13,20H,1H3. The topological polar surface area (TPSA) is 42.4 Å². The fourth-order valence-electron chi connectivity index (χ4n) is 2.00. The number of alkyl halides is 3. The number of aromatic nitrogens is 1. The van der Waals surface area contributed by atoms with E-state index in [9.17, 15) is 18.3 Å². The van der Waals surface area contributed by atoms with Crippen LogP contribution in [0.4, 0.5) is 13.2 Å². The molecule has 1 atom stereocenters. The van der Waals surface area contributed by atoms with Gasteiger partial charge in [-0.2, -0.15) is 13.2 Å². The van der Waals surface area contributed by atoms with Gasteiger partial charge in [0.25, 0.3) is 0 Å². The van der Waals surface area contributed by atoms with Crippen molar-refractivity contribution >= 4 is 11.6 Å². The van der Waals surface area contributed by atoms with Gasteiger partial charge >= 0.3 is 6.18 Å². The number of rotatable bonds is 3. The Balaban J connectivity index is 2.59. The van der Waals surface area contributed by atoms with Gasteiger partial charge in [0, 0.05) is 23.5 Å². The first-order valence-corrected chi connectivity index (χ1v) is 6.25. The number of nitrogens with zero attached hydrogens (tertiary/aromatic N) is 1. The van der Waals surface area contributed by atoms with Crippen LogP contribution in [-0.4, -0.2) is 17.2 Å². The van der Waals surface area contributed by atoms with Crippen LogP contribution in [0.3, 0.4) is 0 Å². The lowest BCUT2D eigenvalue weighted by Gasteiger charge is -2.20. The quantitative estimate of drug-likeness (QED) is 0.935. The molecule has 0 saturated heterocycles. The van der Waals surface area contributed by atoms with E-state index < -0.39 is 17.8 Å². The summed E-state index contributed by atoms with van der Waals surface area (Å²) in [4.78, 5) is 3.65. The fourth-order valence-corrected chi connectivity index (χ4v) is 2.27. The van der Waals surface area contributed by atoms with Crippen molar-refractivity contribution in [2.45, 2.75) is 12.3 Å². The van der Waals surface area contributed by atoms with Crippen LogP contribution in [0.5, 0.6) is 5.75 Å². The summed E-state index contributed by atoms with van der Waals surface area (Å²) in [7, 11) is 1.34. The number of aliphatic hydroxyl groups excluding tert-OH is 1. The van der Waals surface area contributed by atoms with Gasteiger partial charge in [-0.1, -0.05) is 17.7 Å². The number of ether oxygens (including phenoxy) is 1. The highest BCUT2D eigenvalue weighted by Gasteiger charge is 2.36. The first kappa shape index (κ1) is 15.6. The number of pyridine rings is 1. The molecule has 0 aliphatic carbocycles. The smallest absolute Gasteiger partial charge is 0.416 e. The molecule has 0 saturated carbocycles. The van der Waals surface area contributed by atoms with Gasteiger partial charge < -0.3 is 9.84 Å². The van der Waals surface area contributed by atoms with Gasteiger partial charge in [-0.05, 0) is 18.2 Å². The normalized spacial score (nSPS) is 13.0.